The minimum atomic E-state index is -0.489. The Balaban J connectivity index is 2.35. The van der Waals surface area contributed by atoms with Crippen LogP contribution in [0.3, 0.4) is 0 Å². The third-order valence-corrected chi connectivity index (χ3v) is 3.15. The average molecular weight is 269 g/mol. The minimum Gasteiger partial charge on any atom is -0.448 e. The maximum absolute atomic E-state index is 11.5. The zero-order valence-corrected chi connectivity index (χ0v) is 12.2. The van der Waals surface area contributed by atoms with Gasteiger partial charge in [0, 0.05) is 13.1 Å². The van der Waals surface area contributed by atoms with Crippen molar-refractivity contribution in [2.45, 2.75) is 46.1 Å². The third kappa shape index (κ3) is 6.05. The first-order valence-corrected chi connectivity index (χ1v) is 7.05. The number of amides is 1. The predicted octanol–water partition coefficient (Wildman–Crippen LogP) is 2.66. The van der Waals surface area contributed by atoms with Gasteiger partial charge in [0.05, 0.1) is 19.3 Å². The van der Waals surface area contributed by atoms with E-state index in [2.05, 4.69) is 16.8 Å². The number of ether oxygens (including phenoxy) is 2. The van der Waals surface area contributed by atoms with E-state index in [0.717, 1.165) is 32.4 Å². The fourth-order valence-corrected chi connectivity index (χ4v) is 1.92. The minimum absolute atomic E-state index is 0.111. The molecule has 1 aliphatic heterocycles. The number of unbranched alkanes of at least 4 members (excludes halogenated alkanes) is 2. The van der Waals surface area contributed by atoms with Crippen molar-refractivity contribution in [1.82, 2.24) is 4.90 Å². The molecule has 1 fully saturated rings. The van der Waals surface area contributed by atoms with Gasteiger partial charge in [-0.05, 0) is 19.8 Å². The van der Waals surface area contributed by atoms with Gasteiger partial charge in [-0.2, -0.15) is 4.99 Å². The van der Waals surface area contributed by atoms with Crippen molar-refractivity contribution in [2.24, 2.45) is 4.99 Å². The van der Waals surface area contributed by atoms with E-state index in [1.54, 1.807) is 0 Å². The summed E-state index contributed by atoms with van der Waals surface area (Å²) in [4.78, 5) is 17.6. The lowest BCUT2D eigenvalue weighted by Gasteiger charge is -2.33. The van der Waals surface area contributed by atoms with Crippen LogP contribution in [0, 0.1) is 6.42 Å². The van der Waals surface area contributed by atoms with Gasteiger partial charge in [0.2, 0.25) is 0 Å². The van der Waals surface area contributed by atoms with Gasteiger partial charge >= 0.3 is 6.09 Å². The molecular weight excluding hydrogens is 244 g/mol. The molecule has 1 rings (SSSR count). The Labute approximate surface area is 116 Å². The molecule has 5 nitrogen and oxygen atoms in total. The molecular formula is C14H25N2O3. The Kier molecular flexibility index (Phi) is 7.48. The Morgan fingerprint density at radius 1 is 1.53 bits per heavy atom. The quantitative estimate of drug-likeness (QED) is 0.437. The lowest BCUT2D eigenvalue weighted by atomic mass is 10.2. The topological polar surface area (TPSA) is 51.1 Å². The molecule has 1 heterocycles. The maximum Gasteiger partial charge on any atom is 0.435 e. The fraction of sp³-hybridized carbons (Fsp3) is 0.786. The summed E-state index contributed by atoms with van der Waals surface area (Å²) in [6.45, 7) is 8.56. The number of nitrogens with zero attached hydrogens (tertiary/aromatic N) is 2. The Morgan fingerprint density at radius 3 is 3.00 bits per heavy atom. The van der Waals surface area contributed by atoms with Crippen molar-refractivity contribution in [2.75, 3.05) is 26.3 Å². The number of hydrogen-bond donors (Lipinski definition) is 0. The number of amidine groups is 1. The van der Waals surface area contributed by atoms with E-state index in [4.69, 9.17) is 9.47 Å². The van der Waals surface area contributed by atoms with Crippen LogP contribution in [0.1, 0.15) is 40.0 Å². The first-order chi connectivity index (χ1) is 9.17. The summed E-state index contributed by atoms with van der Waals surface area (Å²) < 4.78 is 10.6. The van der Waals surface area contributed by atoms with Crippen LogP contribution < -0.4 is 0 Å². The second kappa shape index (κ2) is 8.91. The molecule has 0 aliphatic carbocycles. The highest BCUT2D eigenvalue weighted by Crippen LogP contribution is 2.08. The molecule has 1 radical (unpaired) electrons. The predicted molar refractivity (Wildman–Crippen MR) is 75.3 cm³/mol. The molecule has 0 aromatic heterocycles. The third-order valence-electron chi connectivity index (χ3n) is 3.15. The molecule has 0 N–H and O–H groups in total. The van der Waals surface area contributed by atoms with Crippen LogP contribution in [-0.4, -0.2) is 49.2 Å². The molecule has 0 bridgehead atoms. The summed E-state index contributed by atoms with van der Waals surface area (Å²) in [6.07, 6.45) is 4.73. The largest absolute Gasteiger partial charge is 0.448 e. The second-order valence-corrected chi connectivity index (χ2v) is 4.67. The van der Waals surface area contributed by atoms with E-state index in [9.17, 15) is 4.79 Å². The molecule has 1 aliphatic rings. The SMILES string of the molecule is C[CH]C1CN(/C(C)=N/C(=O)OCCCCC)CCO1. The number of hydrogen-bond acceptors (Lipinski definition) is 3. The van der Waals surface area contributed by atoms with Gasteiger partial charge in [0.15, 0.2) is 0 Å². The molecule has 1 unspecified atom stereocenters. The van der Waals surface area contributed by atoms with Crippen molar-refractivity contribution in [3.63, 3.8) is 0 Å². The van der Waals surface area contributed by atoms with Crippen LogP contribution in [0.15, 0.2) is 4.99 Å². The first-order valence-electron chi connectivity index (χ1n) is 7.05. The van der Waals surface area contributed by atoms with Crippen molar-refractivity contribution in [1.29, 1.82) is 0 Å². The summed E-state index contributed by atoms with van der Waals surface area (Å²) in [6, 6.07) is 0. The summed E-state index contributed by atoms with van der Waals surface area (Å²) >= 11 is 0. The molecule has 1 saturated heterocycles. The second-order valence-electron chi connectivity index (χ2n) is 4.67. The van der Waals surface area contributed by atoms with Crippen molar-refractivity contribution in [3.8, 4) is 0 Å². The molecule has 109 valence electrons. The number of rotatable bonds is 5. The number of aliphatic imine (C=N–C) groups is 1. The Hall–Kier alpha value is -1.10. The van der Waals surface area contributed by atoms with Gasteiger partial charge in [-0.25, -0.2) is 4.79 Å². The number of carbonyl (C=O) groups excluding carboxylic acids is 1. The van der Waals surface area contributed by atoms with E-state index in [1.165, 1.54) is 0 Å². The summed E-state index contributed by atoms with van der Waals surface area (Å²) in [7, 11) is 0. The van der Waals surface area contributed by atoms with Gasteiger partial charge < -0.3 is 14.4 Å². The summed E-state index contributed by atoms with van der Waals surface area (Å²) in [5.41, 5.74) is 0. The maximum atomic E-state index is 11.5. The monoisotopic (exact) mass is 269 g/mol. The van der Waals surface area contributed by atoms with E-state index >= 15 is 0 Å². The van der Waals surface area contributed by atoms with Gasteiger partial charge in [-0.3, -0.25) is 0 Å². The van der Waals surface area contributed by atoms with Crippen LogP contribution in [-0.2, 0) is 9.47 Å². The highest BCUT2D eigenvalue weighted by molar-refractivity contribution is 5.90. The molecule has 0 saturated carbocycles. The van der Waals surface area contributed by atoms with Crippen LogP contribution in [0.2, 0.25) is 0 Å². The van der Waals surface area contributed by atoms with Gasteiger partial charge in [0.1, 0.15) is 5.84 Å². The fourth-order valence-electron chi connectivity index (χ4n) is 1.92. The Bertz CT molecular complexity index is 305. The normalized spacial score (nSPS) is 20.5. The molecule has 1 atom stereocenters. The smallest absolute Gasteiger partial charge is 0.435 e. The van der Waals surface area contributed by atoms with Crippen molar-refractivity contribution < 1.29 is 14.3 Å². The lowest BCUT2D eigenvalue weighted by Crippen LogP contribution is -2.44. The molecule has 0 spiro atoms. The molecule has 5 heteroatoms. The van der Waals surface area contributed by atoms with E-state index in [-0.39, 0.29) is 6.10 Å². The summed E-state index contributed by atoms with van der Waals surface area (Å²) in [5, 5.41) is 0. The number of carbonyl (C=O) groups is 1. The average Bonchev–Trinajstić information content (AvgIpc) is 2.43. The summed E-state index contributed by atoms with van der Waals surface area (Å²) in [5.74, 6) is 0.704. The highest BCUT2D eigenvalue weighted by Gasteiger charge is 2.20. The van der Waals surface area contributed by atoms with Gasteiger partial charge in [-0.1, -0.05) is 26.7 Å². The molecule has 1 amide bonds. The Morgan fingerprint density at radius 2 is 2.32 bits per heavy atom. The standard InChI is InChI=1S/C14H25N2O3/c1-4-6-7-9-19-14(17)15-12(3)16-8-10-18-13(5-2)11-16/h5,13H,4,6-11H2,1-3H3/b15-12+. The zero-order valence-electron chi connectivity index (χ0n) is 12.2. The van der Waals surface area contributed by atoms with E-state index in [0.29, 0.717) is 19.0 Å². The van der Waals surface area contributed by atoms with E-state index < -0.39 is 6.09 Å². The van der Waals surface area contributed by atoms with Crippen LogP contribution in [0.25, 0.3) is 0 Å². The van der Waals surface area contributed by atoms with Crippen LogP contribution in [0.4, 0.5) is 4.79 Å². The first kappa shape index (κ1) is 16.0. The molecule has 0 aromatic carbocycles. The van der Waals surface area contributed by atoms with Gasteiger partial charge in [-0.15, -0.1) is 0 Å². The van der Waals surface area contributed by atoms with Crippen LogP contribution in [0.5, 0.6) is 0 Å². The van der Waals surface area contributed by atoms with Gasteiger partial charge in [0.25, 0.3) is 0 Å². The van der Waals surface area contributed by atoms with Crippen molar-refractivity contribution in [3.05, 3.63) is 6.42 Å². The molecule has 19 heavy (non-hydrogen) atoms. The highest BCUT2D eigenvalue weighted by atomic mass is 16.5. The lowest BCUT2D eigenvalue weighted by molar-refractivity contribution is 0.0133. The van der Waals surface area contributed by atoms with E-state index in [1.807, 2.05) is 20.3 Å². The molecule has 0 aromatic rings. The zero-order chi connectivity index (χ0) is 14.1. The number of morpholine rings is 1. The van der Waals surface area contributed by atoms with Crippen molar-refractivity contribution >= 4 is 11.9 Å². The van der Waals surface area contributed by atoms with Crippen LogP contribution >= 0.6 is 0 Å².